The van der Waals surface area contributed by atoms with Crippen LogP contribution in [0.4, 0.5) is 5.82 Å². The number of likely N-dealkylation sites (tertiary alicyclic amines) is 1. The van der Waals surface area contributed by atoms with Gasteiger partial charge in [0.05, 0.1) is 24.6 Å². The number of hydrogen-bond donors (Lipinski definition) is 1. The van der Waals surface area contributed by atoms with Crippen molar-refractivity contribution in [2.45, 2.75) is 53.0 Å². The number of anilines is 1. The molecule has 1 aromatic rings. The number of aromatic nitrogens is 2. The number of nitrogens with one attached hydrogen (secondary N) is 1. The Morgan fingerprint density at radius 1 is 1.29 bits per heavy atom. The maximum Gasteiger partial charge on any atom is 0.222 e. The molecular formula is C16H26N4O. The van der Waals surface area contributed by atoms with Crippen molar-refractivity contribution in [2.75, 3.05) is 18.4 Å². The number of carbonyl (C=O) groups excluding carboxylic acids is 1. The average molecular weight is 290 g/mol. The van der Waals surface area contributed by atoms with E-state index in [0.29, 0.717) is 13.0 Å². The maximum absolute atomic E-state index is 12.2. The first-order valence-electron chi connectivity index (χ1n) is 7.83. The molecule has 2 heterocycles. The fourth-order valence-corrected chi connectivity index (χ4v) is 2.43. The van der Waals surface area contributed by atoms with Crippen molar-refractivity contribution >= 4 is 11.7 Å². The Hall–Kier alpha value is -1.65. The third kappa shape index (κ3) is 4.69. The molecule has 0 atom stereocenters. The summed E-state index contributed by atoms with van der Waals surface area (Å²) in [6, 6.07) is 0. The van der Waals surface area contributed by atoms with Crippen LogP contribution in [0.1, 0.15) is 52.1 Å². The Balaban J connectivity index is 1.95. The predicted octanol–water partition coefficient (Wildman–Crippen LogP) is 2.84. The number of hydrogen-bond acceptors (Lipinski definition) is 4. The van der Waals surface area contributed by atoms with Gasteiger partial charge < -0.3 is 10.2 Å². The molecule has 0 bridgehead atoms. The molecule has 21 heavy (non-hydrogen) atoms. The van der Waals surface area contributed by atoms with Gasteiger partial charge in [0.25, 0.3) is 0 Å². The molecule has 0 unspecified atom stereocenters. The van der Waals surface area contributed by atoms with E-state index < -0.39 is 0 Å². The van der Waals surface area contributed by atoms with E-state index in [0.717, 1.165) is 43.9 Å². The van der Waals surface area contributed by atoms with E-state index >= 15 is 0 Å². The normalized spacial score (nSPS) is 18.4. The zero-order valence-electron chi connectivity index (χ0n) is 13.4. The second kappa shape index (κ2) is 6.87. The third-order valence-corrected chi connectivity index (χ3v) is 4.04. The van der Waals surface area contributed by atoms with Crippen molar-refractivity contribution in [2.24, 2.45) is 5.41 Å². The molecule has 0 radical (unpaired) electrons. The van der Waals surface area contributed by atoms with E-state index in [9.17, 15) is 4.79 Å². The van der Waals surface area contributed by atoms with Gasteiger partial charge in [-0.25, -0.2) is 4.98 Å². The van der Waals surface area contributed by atoms with Gasteiger partial charge >= 0.3 is 0 Å². The lowest BCUT2D eigenvalue weighted by molar-refractivity contribution is -0.131. The summed E-state index contributed by atoms with van der Waals surface area (Å²) in [4.78, 5) is 22.9. The molecule has 1 amide bonds. The number of nitrogens with zero attached hydrogens (tertiary/aromatic N) is 3. The highest BCUT2D eigenvalue weighted by molar-refractivity contribution is 5.76. The van der Waals surface area contributed by atoms with E-state index in [2.05, 4.69) is 36.1 Å². The van der Waals surface area contributed by atoms with Gasteiger partial charge in [-0.1, -0.05) is 20.8 Å². The van der Waals surface area contributed by atoms with E-state index in [1.165, 1.54) is 0 Å². The topological polar surface area (TPSA) is 58.1 Å². The van der Waals surface area contributed by atoms with E-state index in [4.69, 9.17) is 0 Å². The van der Waals surface area contributed by atoms with Crippen LogP contribution >= 0.6 is 0 Å². The Labute approximate surface area is 127 Å². The van der Waals surface area contributed by atoms with Gasteiger partial charge in [0.15, 0.2) is 0 Å². The monoisotopic (exact) mass is 290 g/mol. The van der Waals surface area contributed by atoms with Crippen LogP contribution in [-0.4, -0.2) is 33.9 Å². The minimum Gasteiger partial charge on any atom is -0.369 e. The van der Waals surface area contributed by atoms with Gasteiger partial charge in [-0.05, 0) is 24.7 Å². The molecule has 1 aliphatic heterocycles. The lowest BCUT2D eigenvalue weighted by Gasteiger charge is -2.23. The van der Waals surface area contributed by atoms with Crippen molar-refractivity contribution in [1.82, 2.24) is 14.9 Å². The van der Waals surface area contributed by atoms with Gasteiger partial charge in [-0.15, -0.1) is 0 Å². The van der Waals surface area contributed by atoms with Crippen LogP contribution in [0, 0.1) is 5.41 Å². The molecule has 1 N–H and O–H groups in total. The number of rotatable bonds is 5. The molecule has 5 heteroatoms. The summed E-state index contributed by atoms with van der Waals surface area (Å²) < 4.78 is 0. The minimum atomic E-state index is 0.232. The summed E-state index contributed by atoms with van der Waals surface area (Å²) in [5.74, 6) is 1.03. The second-order valence-corrected chi connectivity index (χ2v) is 6.55. The molecule has 1 aromatic heterocycles. The van der Waals surface area contributed by atoms with Crippen LogP contribution in [0.3, 0.4) is 0 Å². The van der Waals surface area contributed by atoms with Crippen LogP contribution in [0.25, 0.3) is 0 Å². The van der Waals surface area contributed by atoms with Crippen LogP contribution in [0.2, 0.25) is 0 Å². The third-order valence-electron chi connectivity index (χ3n) is 4.04. The van der Waals surface area contributed by atoms with Gasteiger partial charge in [-0.2, -0.15) is 0 Å². The molecule has 5 nitrogen and oxygen atoms in total. The van der Waals surface area contributed by atoms with Crippen molar-refractivity contribution in [3.8, 4) is 0 Å². The Kier molecular flexibility index (Phi) is 5.15. The van der Waals surface area contributed by atoms with Gasteiger partial charge in [0, 0.05) is 19.5 Å². The summed E-state index contributed by atoms with van der Waals surface area (Å²) in [6.45, 7) is 8.85. The molecule has 1 fully saturated rings. The first kappa shape index (κ1) is 15.7. The van der Waals surface area contributed by atoms with E-state index in [-0.39, 0.29) is 11.3 Å². The Morgan fingerprint density at radius 3 is 2.76 bits per heavy atom. The molecule has 0 aliphatic carbocycles. The number of carbonyl (C=O) groups is 1. The van der Waals surface area contributed by atoms with Crippen molar-refractivity contribution in [3.05, 3.63) is 18.1 Å². The summed E-state index contributed by atoms with van der Waals surface area (Å²) in [5, 5.41) is 3.20. The fraction of sp³-hybridized carbons (Fsp3) is 0.688. The molecule has 2 rings (SSSR count). The van der Waals surface area contributed by atoms with Gasteiger partial charge in [0.1, 0.15) is 5.82 Å². The van der Waals surface area contributed by atoms with Crippen molar-refractivity contribution in [1.29, 1.82) is 0 Å². The van der Waals surface area contributed by atoms with Crippen LogP contribution in [-0.2, 0) is 11.3 Å². The van der Waals surface area contributed by atoms with Gasteiger partial charge in [0.2, 0.25) is 5.91 Å². The second-order valence-electron chi connectivity index (χ2n) is 6.55. The molecule has 0 saturated carbocycles. The summed E-state index contributed by atoms with van der Waals surface area (Å²) in [7, 11) is 0. The van der Waals surface area contributed by atoms with E-state index in [1.807, 2.05) is 4.90 Å². The summed E-state index contributed by atoms with van der Waals surface area (Å²) in [5.41, 5.74) is 1.11. The average Bonchev–Trinajstić information content (AvgIpc) is 2.59. The molecule has 0 aromatic carbocycles. The van der Waals surface area contributed by atoms with Crippen LogP contribution in [0.15, 0.2) is 12.4 Å². The Bertz CT molecular complexity index is 470. The molecule has 0 spiro atoms. The van der Waals surface area contributed by atoms with E-state index in [1.54, 1.807) is 12.4 Å². The molecule has 116 valence electrons. The SMILES string of the molecule is CCCNc1cnc(CN2CCC(C)(C)CCC2=O)cn1. The molecule has 1 saturated heterocycles. The quantitative estimate of drug-likeness (QED) is 0.906. The van der Waals surface area contributed by atoms with Crippen molar-refractivity contribution < 1.29 is 4.79 Å². The highest BCUT2D eigenvalue weighted by atomic mass is 16.2. The summed E-state index contributed by atoms with van der Waals surface area (Å²) >= 11 is 0. The Morgan fingerprint density at radius 2 is 2.10 bits per heavy atom. The van der Waals surface area contributed by atoms with Gasteiger partial charge in [-0.3, -0.25) is 9.78 Å². The minimum absolute atomic E-state index is 0.232. The first-order chi connectivity index (χ1) is 10.00. The van der Waals surface area contributed by atoms with Crippen molar-refractivity contribution in [3.63, 3.8) is 0 Å². The fourth-order valence-electron chi connectivity index (χ4n) is 2.43. The zero-order valence-corrected chi connectivity index (χ0v) is 13.4. The maximum atomic E-state index is 12.2. The lowest BCUT2D eigenvalue weighted by atomic mass is 9.85. The molecule has 1 aliphatic rings. The first-order valence-corrected chi connectivity index (χ1v) is 7.83. The highest BCUT2D eigenvalue weighted by Gasteiger charge is 2.27. The smallest absolute Gasteiger partial charge is 0.222 e. The lowest BCUT2D eigenvalue weighted by Crippen LogP contribution is -2.30. The zero-order chi connectivity index (χ0) is 15.3. The predicted molar refractivity (Wildman–Crippen MR) is 83.9 cm³/mol. The highest BCUT2D eigenvalue weighted by Crippen LogP contribution is 2.30. The largest absolute Gasteiger partial charge is 0.369 e. The molecular weight excluding hydrogens is 264 g/mol. The van der Waals surface area contributed by atoms with Crippen LogP contribution in [0.5, 0.6) is 0 Å². The summed E-state index contributed by atoms with van der Waals surface area (Å²) in [6.07, 6.45) is 7.22. The standard InChI is InChI=1S/C16H26N4O/c1-4-8-17-14-11-18-13(10-19-14)12-20-9-7-16(2,3)6-5-15(20)21/h10-11H,4-9,12H2,1-3H3,(H,17,19). The number of amides is 1. The van der Waals surface area contributed by atoms with Crippen LogP contribution < -0.4 is 5.32 Å².